The van der Waals surface area contributed by atoms with Gasteiger partial charge in [-0.05, 0) is 18.2 Å². The summed E-state index contributed by atoms with van der Waals surface area (Å²) >= 11 is 0. The van der Waals surface area contributed by atoms with Gasteiger partial charge in [0.1, 0.15) is 17.1 Å². The highest BCUT2D eigenvalue weighted by molar-refractivity contribution is 6.07. The maximum atomic E-state index is 12.3. The Balaban J connectivity index is 2.35. The highest BCUT2D eigenvalue weighted by Gasteiger charge is 2.20. The summed E-state index contributed by atoms with van der Waals surface area (Å²) in [5.41, 5.74) is 0.0734. The van der Waals surface area contributed by atoms with Crippen LogP contribution in [-0.2, 0) is 0 Å². The molecule has 0 atom stereocenters. The van der Waals surface area contributed by atoms with Crippen molar-refractivity contribution in [3.8, 4) is 11.5 Å². The molecule has 0 fully saturated rings. The Kier molecular flexibility index (Phi) is 4.57. The van der Waals surface area contributed by atoms with Crippen molar-refractivity contribution in [2.75, 3.05) is 19.5 Å². The predicted molar refractivity (Wildman–Crippen MR) is 80.6 cm³/mol. The number of hydrogen-bond acceptors (Lipinski definition) is 5. The highest BCUT2D eigenvalue weighted by atomic mass is 16.6. The van der Waals surface area contributed by atoms with Crippen molar-refractivity contribution in [2.45, 2.75) is 0 Å². The fraction of sp³-hybridized carbons (Fsp3) is 0.133. The lowest BCUT2D eigenvalue weighted by atomic mass is 10.1. The molecule has 0 unspecified atom stereocenters. The molecule has 7 heteroatoms. The molecular weight excluding hydrogens is 288 g/mol. The second-order valence-electron chi connectivity index (χ2n) is 4.29. The number of nitrogens with zero attached hydrogens (tertiary/aromatic N) is 1. The first-order chi connectivity index (χ1) is 10.6. The Labute approximate surface area is 126 Å². The molecule has 7 nitrogen and oxygen atoms in total. The van der Waals surface area contributed by atoms with Gasteiger partial charge in [-0.2, -0.15) is 0 Å². The van der Waals surface area contributed by atoms with Gasteiger partial charge in [0.2, 0.25) is 0 Å². The first kappa shape index (κ1) is 15.3. The largest absolute Gasteiger partial charge is 0.497 e. The normalized spacial score (nSPS) is 9.91. The Bertz CT molecular complexity index is 715. The molecule has 2 rings (SSSR count). The number of amides is 1. The Morgan fingerprint density at radius 1 is 1.14 bits per heavy atom. The zero-order chi connectivity index (χ0) is 16.1. The number of hydrogen-bond donors (Lipinski definition) is 1. The lowest BCUT2D eigenvalue weighted by Gasteiger charge is -2.11. The van der Waals surface area contributed by atoms with Crippen LogP contribution in [0.5, 0.6) is 11.5 Å². The second-order valence-corrected chi connectivity index (χ2v) is 4.29. The molecule has 1 amide bonds. The number of ether oxygens (including phenoxy) is 2. The van der Waals surface area contributed by atoms with E-state index in [-0.39, 0.29) is 11.3 Å². The molecule has 0 aliphatic heterocycles. The molecule has 0 radical (unpaired) electrons. The van der Waals surface area contributed by atoms with E-state index in [1.165, 1.54) is 32.4 Å². The van der Waals surface area contributed by atoms with Crippen LogP contribution in [0.1, 0.15) is 10.4 Å². The summed E-state index contributed by atoms with van der Waals surface area (Å²) in [4.78, 5) is 22.7. The fourth-order valence-electron chi connectivity index (χ4n) is 1.93. The number of carbonyl (C=O) groups excluding carboxylic acids is 1. The minimum atomic E-state index is -0.599. The van der Waals surface area contributed by atoms with Crippen LogP contribution in [0.25, 0.3) is 0 Å². The number of nitrogens with one attached hydrogen (secondary N) is 1. The van der Waals surface area contributed by atoms with Gasteiger partial charge in [-0.3, -0.25) is 14.9 Å². The predicted octanol–water partition coefficient (Wildman–Crippen LogP) is 2.86. The number of nitro groups is 1. The van der Waals surface area contributed by atoms with E-state index in [2.05, 4.69) is 5.32 Å². The maximum Gasteiger partial charge on any atom is 0.282 e. The molecule has 0 saturated carbocycles. The smallest absolute Gasteiger partial charge is 0.282 e. The van der Waals surface area contributed by atoms with Gasteiger partial charge in [-0.1, -0.05) is 12.1 Å². The molecular formula is C15H14N2O5. The van der Waals surface area contributed by atoms with E-state index in [4.69, 9.17) is 9.47 Å². The standard InChI is InChI=1S/C15H14N2O5/c1-21-10-7-8-14(22-2)12(9-10)16-15(18)11-5-3-4-6-13(11)17(19)20/h3-9H,1-2H3,(H,16,18). The van der Waals surface area contributed by atoms with Gasteiger partial charge in [-0.25, -0.2) is 0 Å². The third-order valence-corrected chi connectivity index (χ3v) is 3.00. The van der Waals surface area contributed by atoms with Crippen LogP contribution in [0.4, 0.5) is 11.4 Å². The molecule has 1 N–H and O–H groups in total. The maximum absolute atomic E-state index is 12.3. The van der Waals surface area contributed by atoms with E-state index in [1.54, 1.807) is 24.3 Å². The molecule has 0 aromatic heterocycles. The molecule has 2 aromatic rings. The number of para-hydroxylation sites is 1. The van der Waals surface area contributed by atoms with Crippen molar-refractivity contribution in [1.82, 2.24) is 0 Å². The Hall–Kier alpha value is -3.09. The molecule has 0 bridgehead atoms. The van der Waals surface area contributed by atoms with E-state index in [9.17, 15) is 14.9 Å². The zero-order valence-electron chi connectivity index (χ0n) is 12.0. The minimum Gasteiger partial charge on any atom is -0.497 e. The summed E-state index contributed by atoms with van der Waals surface area (Å²) in [7, 11) is 2.96. The van der Waals surface area contributed by atoms with Crippen LogP contribution in [0.3, 0.4) is 0 Å². The molecule has 0 spiro atoms. The van der Waals surface area contributed by atoms with Crippen molar-refractivity contribution in [2.24, 2.45) is 0 Å². The van der Waals surface area contributed by atoms with Gasteiger partial charge in [0.05, 0.1) is 24.8 Å². The summed E-state index contributed by atoms with van der Waals surface area (Å²) < 4.78 is 10.2. The van der Waals surface area contributed by atoms with Gasteiger partial charge < -0.3 is 14.8 Å². The van der Waals surface area contributed by atoms with Gasteiger partial charge in [0.25, 0.3) is 11.6 Å². The average Bonchev–Trinajstić information content (AvgIpc) is 2.54. The summed E-state index contributed by atoms with van der Waals surface area (Å²) in [5, 5.41) is 13.6. The van der Waals surface area contributed by atoms with Crippen molar-refractivity contribution in [3.05, 3.63) is 58.1 Å². The summed E-state index contributed by atoms with van der Waals surface area (Å²) in [6.07, 6.45) is 0. The summed E-state index contributed by atoms with van der Waals surface area (Å²) in [6.45, 7) is 0. The van der Waals surface area contributed by atoms with Crippen LogP contribution in [-0.4, -0.2) is 25.1 Å². The number of rotatable bonds is 5. The molecule has 0 aliphatic carbocycles. The molecule has 0 heterocycles. The number of methoxy groups -OCH3 is 2. The zero-order valence-corrected chi connectivity index (χ0v) is 12.0. The van der Waals surface area contributed by atoms with Gasteiger partial charge in [0, 0.05) is 12.1 Å². The Morgan fingerprint density at radius 3 is 2.50 bits per heavy atom. The summed E-state index contributed by atoms with van der Waals surface area (Å²) in [5.74, 6) is 0.352. The molecule has 114 valence electrons. The Morgan fingerprint density at radius 2 is 1.86 bits per heavy atom. The monoisotopic (exact) mass is 302 g/mol. The van der Waals surface area contributed by atoms with E-state index in [0.717, 1.165) is 0 Å². The van der Waals surface area contributed by atoms with Crippen LogP contribution in [0.15, 0.2) is 42.5 Å². The number of carbonyl (C=O) groups is 1. The first-order valence-electron chi connectivity index (χ1n) is 6.33. The SMILES string of the molecule is COc1ccc(OC)c(NC(=O)c2ccccc2[N+](=O)[O-])c1. The molecule has 22 heavy (non-hydrogen) atoms. The number of nitro benzene ring substituents is 1. The number of anilines is 1. The second kappa shape index (κ2) is 6.57. The van der Waals surface area contributed by atoms with E-state index in [0.29, 0.717) is 17.2 Å². The molecule has 0 aliphatic rings. The molecule has 2 aromatic carbocycles. The topological polar surface area (TPSA) is 90.7 Å². The van der Waals surface area contributed by atoms with Gasteiger partial charge >= 0.3 is 0 Å². The van der Waals surface area contributed by atoms with E-state index in [1.807, 2.05) is 0 Å². The van der Waals surface area contributed by atoms with Crippen LogP contribution >= 0.6 is 0 Å². The summed E-state index contributed by atoms with van der Waals surface area (Å²) in [6, 6.07) is 10.6. The number of benzene rings is 2. The van der Waals surface area contributed by atoms with Crippen LogP contribution < -0.4 is 14.8 Å². The first-order valence-corrected chi connectivity index (χ1v) is 6.33. The van der Waals surface area contributed by atoms with Crippen LogP contribution in [0.2, 0.25) is 0 Å². The van der Waals surface area contributed by atoms with Crippen molar-refractivity contribution in [3.63, 3.8) is 0 Å². The third kappa shape index (κ3) is 3.14. The minimum absolute atomic E-state index is 0.0302. The average molecular weight is 302 g/mol. The third-order valence-electron chi connectivity index (χ3n) is 3.00. The highest BCUT2D eigenvalue weighted by Crippen LogP contribution is 2.30. The molecule has 0 saturated heterocycles. The van der Waals surface area contributed by atoms with Crippen molar-refractivity contribution < 1.29 is 19.2 Å². The van der Waals surface area contributed by atoms with Crippen molar-refractivity contribution >= 4 is 17.3 Å². The lowest BCUT2D eigenvalue weighted by Crippen LogP contribution is -2.14. The van der Waals surface area contributed by atoms with E-state index < -0.39 is 10.8 Å². The van der Waals surface area contributed by atoms with Crippen LogP contribution in [0, 0.1) is 10.1 Å². The quantitative estimate of drug-likeness (QED) is 0.677. The van der Waals surface area contributed by atoms with Gasteiger partial charge in [0.15, 0.2) is 0 Å². The fourth-order valence-corrected chi connectivity index (χ4v) is 1.93. The lowest BCUT2D eigenvalue weighted by molar-refractivity contribution is -0.385. The van der Waals surface area contributed by atoms with E-state index >= 15 is 0 Å². The van der Waals surface area contributed by atoms with Gasteiger partial charge in [-0.15, -0.1) is 0 Å². The van der Waals surface area contributed by atoms with Crippen molar-refractivity contribution in [1.29, 1.82) is 0 Å².